The molecule has 0 aliphatic heterocycles. The average Bonchev–Trinajstić information content (AvgIpc) is 2.33. The van der Waals surface area contributed by atoms with Crippen LogP contribution in [0.2, 0.25) is 0 Å². The highest BCUT2D eigenvalue weighted by Crippen LogP contribution is 2.09. The molecule has 2 N–H and O–H groups in total. The van der Waals surface area contributed by atoms with Gasteiger partial charge in [-0.05, 0) is 19.4 Å². The van der Waals surface area contributed by atoms with Crippen molar-refractivity contribution in [1.29, 1.82) is 0 Å². The molecule has 2 aromatic rings. The maximum absolute atomic E-state index is 11.5. The number of aromatic nitrogens is 2. The van der Waals surface area contributed by atoms with Crippen LogP contribution in [0.5, 0.6) is 0 Å². The number of H-pyrrole nitrogens is 2. The van der Waals surface area contributed by atoms with Gasteiger partial charge >= 0.3 is 5.56 Å². The standard InChI is InChI=1S/C13H14N2O2/c1-8-3-5-10(6-4-8)7-11-9(2)12(16)13(17)15-14-11/h3-6H,7H2,1-2H3,(H,14,16)(H,15,17). The van der Waals surface area contributed by atoms with Crippen molar-refractivity contribution in [2.75, 3.05) is 0 Å². The van der Waals surface area contributed by atoms with Crippen molar-refractivity contribution >= 4 is 0 Å². The molecule has 0 saturated heterocycles. The van der Waals surface area contributed by atoms with Crippen LogP contribution in [-0.2, 0) is 6.42 Å². The Hall–Kier alpha value is -2.10. The second kappa shape index (κ2) is 4.41. The van der Waals surface area contributed by atoms with Gasteiger partial charge in [0.2, 0.25) is 5.43 Å². The van der Waals surface area contributed by atoms with Crippen molar-refractivity contribution in [2.45, 2.75) is 20.3 Å². The first kappa shape index (κ1) is 11.4. The fourth-order valence-electron chi connectivity index (χ4n) is 1.68. The SMILES string of the molecule is Cc1ccc(Cc2[nH][nH]c(=O)c(=O)c2C)cc1. The number of aryl methyl sites for hydroxylation is 1. The normalized spacial score (nSPS) is 10.5. The van der Waals surface area contributed by atoms with E-state index in [1.165, 1.54) is 5.56 Å². The minimum atomic E-state index is -0.602. The molecule has 0 fully saturated rings. The third-order valence-corrected chi connectivity index (χ3v) is 2.83. The summed E-state index contributed by atoms with van der Waals surface area (Å²) in [6, 6.07) is 8.07. The molecule has 0 amide bonds. The van der Waals surface area contributed by atoms with Gasteiger partial charge in [-0.15, -0.1) is 0 Å². The molecule has 0 bridgehead atoms. The lowest BCUT2D eigenvalue weighted by Crippen LogP contribution is -2.31. The summed E-state index contributed by atoms with van der Waals surface area (Å²) in [6.07, 6.45) is 0.609. The molecular weight excluding hydrogens is 216 g/mol. The molecule has 0 saturated carbocycles. The van der Waals surface area contributed by atoms with Crippen molar-refractivity contribution in [3.63, 3.8) is 0 Å². The fraction of sp³-hybridized carbons (Fsp3) is 0.231. The second-order valence-corrected chi connectivity index (χ2v) is 4.17. The summed E-state index contributed by atoms with van der Waals surface area (Å²) in [5, 5.41) is 5.12. The van der Waals surface area contributed by atoms with E-state index >= 15 is 0 Å². The first-order chi connectivity index (χ1) is 8.08. The number of hydrogen-bond donors (Lipinski definition) is 2. The van der Waals surface area contributed by atoms with Crippen LogP contribution in [0.15, 0.2) is 33.9 Å². The maximum Gasteiger partial charge on any atom is 0.310 e. The summed E-state index contributed by atoms with van der Waals surface area (Å²) in [5.41, 5.74) is 2.45. The van der Waals surface area contributed by atoms with Crippen LogP contribution in [0.3, 0.4) is 0 Å². The fourth-order valence-corrected chi connectivity index (χ4v) is 1.68. The van der Waals surface area contributed by atoms with E-state index in [9.17, 15) is 9.59 Å². The van der Waals surface area contributed by atoms with Crippen molar-refractivity contribution in [2.24, 2.45) is 0 Å². The highest BCUT2D eigenvalue weighted by Gasteiger charge is 2.06. The number of hydrogen-bond acceptors (Lipinski definition) is 2. The molecule has 88 valence electrons. The minimum absolute atomic E-state index is 0.467. The Bertz CT molecular complexity index is 636. The molecule has 0 aliphatic rings. The molecule has 0 atom stereocenters. The van der Waals surface area contributed by atoms with Crippen LogP contribution in [0.4, 0.5) is 0 Å². The van der Waals surface area contributed by atoms with Gasteiger partial charge in [-0.2, -0.15) is 0 Å². The number of rotatable bonds is 2. The maximum atomic E-state index is 11.5. The highest BCUT2D eigenvalue weighted by molar-refractivity contribution is 5.27. The third kappa shape index (κ3) is 2.36. The second-order valence-electron chi connectivity index (χ2n) is 4.17. The smallest absolute Gasteiger partial charge is 0.302 e. The van der Waals surface area contributed by atoms with E-state index in [1.54, 1.807) is 6.92 Å². The monoisotopic (exact) mass is 230 g/mol. The van der Waals surface area contributed by atoms with Gasteiger partial charge in [0.15, 0.2) is 0 Å². The lowest BCUT2D eigenvalue weighted by Gasteiger charge is -2.05. The van der Waals surface area contributed by atoms with E-state index in [2.05, 4.69) is 10.2 Å². The van der Waals surface area contributed by atoms with Gasteiger partial charge in [-0.1, -0.05) is 29.8 Å². The van der Waals surface area contributed by atoms with Crippen LogP contribution in [0.25, 0.3) is 0 Å². The Kier molecular flexibility index (Phi) is 2.95. The zero-order valence-corrected chi connectivity index (χ0v) is 9.83. The van der Waals surface area contributed by atoms with E-state index in [0.29, 0.717) is 12.0 Å². The van der Waals surface area contributed by atoms with Crippen LogP contribution in [0.1, 0.15) is 22.4 Å². The average molecular weight is 230 g/mol. The first-order valence-corrected chi connectivity index (χ1v) is 5.44. The van der Waals surface area contributed by atoms with Gasteiger partial charge < -0.3 is 5.10 Å². The quantitative estimate of drug-likeness (QED) is 0.763. The van der Waals surface area contributed by atoms with Crippen LogP contribution in [-0.4, -0.2) is 10.2 Å². The van der Waals surface area contributed by atoms with Gasteiger partial charge in [0, 0.05) is 17.7 Å². The zero-order chi connectivity index (χ0) is 12.4. The lowest BCUT2D eigenvalue weighted by atomic mass is 10.1. The Morgan fingerprint density at radius 1 is 1.00 bits per heavy atom. The van der Waals surface area contributed by atoms with Gasteiger partial charge in [-0.25, -0.2) is 0 Å². The summed E-state index contributed by atoms with van der Waals surface area (Å²) in [5.74, 6) is 0. The molecular formula is C13H14N2O2. The zero-order valence-electron chi connectivity index (χ0n) is 9.83. The Morgan fingerprint density at radius 3 is 2.29 bits per heavy atom. The summed E-state index contributed by atoms with van der Waals surface area (Å²) in [4.78, 5) is 22.6. The molecule has 17 heavy (non-hydrogen) atoms. The topological polar surface area (TPSA) is 65.7 Å². The number of benzene rings is 1. The first-order valence-electron chi connectivity index (χ1n) is 5.44. The molecule has 0 aliphatic carbocycles. The summed E-state index contributed by atoms with van der Waals surface area (Å²) < 4.78 is 0. The predicted octanol–water partition coefficient (Wildman–Crippen LogP) is 1.27. The van der Waals surface area contributed by atoms with Crippen LogP contribution >= 0.6 is 0 Å². The van der Waals surface area contributed by atoms with E-state index in [4.69, 9.17) is 0 Å². The Morgan fingerprint density at radius 2 is 1.65 bits per heavy atom. The summed E-state index contributed by atoms with van der Waals surface area (Å²) in [6.45, 7) is 3.69. The molecule has 1 aromatic carbocycles. The van der Waals surface area contributed by atoms with Crippen molar-refractivity contribution in [1.82, 2.24) is 10.2 Å². The van der Waals surface area contributed by atoms with E-state index in [-0.39, 0.29) is 0 Å². The molecule has 1 aromatic heterocycles. The summed E-state index contributed by atoms with van der Waals surface area (Å²) >= 11 is 0. The van der Waals surface area contributed by atoms with Gasteiger partial charge in [0.05, 0.1) is 0 Å². The molecule has 4 heteroatoms. The molecule has 2 rings (SSSR count). The van der Waals surface area contributed by atoms with Crippen molar-refractivity contribution < 1.29 is 0 Å². The Labute approximate surface area is 98.3 Å². The van der Waals surface area contributed by atoms with E-state index in [1.807, 2.05) is 31.2 Å². The summed E-state index contributed by atoms with van der Waals surface area (Å²) in [7, 11) is 0. The molecule has 4 nitrogen and oxygen atoms in total. The number of aromatic amines is 2. The van der Waals surface area contributed by atoms with Crippen LogP contribution < -0.4 is 11.0 Å². The molecule has 0 radical (unpaired) electrons. The molecule has 0 spiro atoms. The largest absolute Gasteiger partial charge is 0.310 e. The molecule has 1 heterocycles. The van der Waals surface area contributed by atoms with Crippen LogP contribution in [0, 0.1) is 13.8 Å². The number of nitrogens with one attached hydrogen (secondary N) is 2. The van der Waals surface area contributed by atoms with E-state index < -0.39 is 11.0 Å². The minimum Gasteiger partial charge on any atom is -0.302 e. The van der Waals surface area contributed by atoms with Gasteiger partial charge in [0.25, 0.3) is 0 Å². The molecule has 0 unspecified atom stereocenters. The predicted molar refractivity (Wildman–Crippen MR) is 66.4 cm³/mol. The lowest BCUT2D eigenvalue weighted by molar-refractivity contribution is 0.878. The van der Waals surface area contributed by atoms with Crippen molar-refractivity contribution in [3.8, 4) is 0 Å². The highest BCUT2D eigenvalue weighted by atomic mass is 16.2. The van der Waals surface area contributed by atoms with Crippen molar-refractivity contribution in [3.05, 3.63) is 67.2 Å². The van der Waals surface area contributed by atoms with Gasteiger partial charge in [-0.3, -0.25) is 14.7 Å². The van der Waals surface area contributed by atoms with Gasteiger partial charge in [0.1, 0.15) is 0 Å². The Balaban J connectivity index is 2.37. The third-order valence-electron chi connectivity index (χ3n) is 2.83. The van der Waals surface area contributed by atoms with E-state index in [0.717, 1.165) is 11.3 Å².